The van der Waals surface area contributed by atoms with E-state index in [1.165, 1.54) is 0 Å². The van der Waals surface area contributed by atoms with Crippen LogP contribution in [0, 0.1) is 6.92 Å². The zero-order valence-corrected chi connectivity index (χ0v) is 13.4. The lowest BCUT2D eigenvalue weighted by Gasteiger charge is -2.27. The molecule has 6 heteroatoms. The highest BCUT2D eigenvalue weighted by Crippen LogP contribution is 2.24. The number of rotatable bonds is 2. The summed E-state index contributed by atoms with van der Waals surface area (Å²) in [5.74, 6) is 0.786. The molecule has 0 unspecified atom stereocenters. The Labute approximate surface area is 134 Å². The topological polar surface area (TPSA) is 56.1 Å². The summed E-state index contributed by atoms with van der Waals surface area (Å²) in [5, 5.41) is 0. The SMILES string of the molecule is Cc1cc(-c2ccc3ncn(C)c3c2)nc(N2CCOCC2)n1. The van der Waals surface area contributed by atoms with Crippen molar-refractivity contribution in [3.8, 4) is 11.3 Å². The van der Waals surface area contributed by atoms with Crippen molar-refractivity contribution in [2.24, 2.45) is 7.05 Å². The average Bonchev–Trinajstić information content (AvgIpc) is 2.96. The molecule has 2 aromatic heterocycles. The first-order chi connectivity index (χ1) is 11.2. The Bertz CT molecular complexity index is 851. The lowest BCUT2D eigenvalue weighted by Crippen LogP contribution is -2.37. The van der Waals surface area contributed by atoms with Crippen molar-refractivity contribution >= 4 is 17.0 Å². The summed E-state index contributed by atoms with van der Waals surface area (Å²) < 4.78 is 7.44. The molecule has 23 heavy (non-hydrogen) atoms. The minimum atomic E-state index is 0.730. The summed E-state index contributed by atoms with van der Waals surface area (Å²) in [6.45, 7) is 5.15. The van der Waals surface area contributed by atoms with E-state index in [0.717, 1.165) is 60.2 Å². The Morgan fingerprint density at radius 1 is 1.09 bits per heavy atom. The van der Waals surface area contributed by atoms with Gasteiger partial charge < -0.3 is 14.2 Å². The maximum atomic E-state index is 5.41. The Kier molecular flexibility index (Phi) is 3.46. The summed E-state index contributed by atoms with van der Waals surface area (Å²) in [6, 6.07) is 8.27. The van der Waals surface area contributed by atoms with Crippen molar-refractivity contribution in [2.75, 3.05) is 31.2 Å². The number of imidazole rings is 1. The third-order valence-electron chi connectivity index (χ3n) is 4.16. The van der Waals surface area contributed by atoms with Crippen LogP contribution in [0.2, 0.25) is 0 Å². The van der Waals surface area contributed by atoms with Gasteiger partial charge in [-0.05, 0) is 25.1 Å². The van der Waals surface area contributed by atoms with Gasteiger partial charge in [0.15, 0.2) is 0 Å². The molecule has 1 aliphatic rings. The monoisotopic (exact) mass is 309 g/mol. The fourth-order valence-corrected chi connectivity index (χ4v) is 2.89. The number of hydrogen-bond acceptors (Lipinski definition) is 5. The molecule has 0 amide bonds. The predicted octanol–water partition coefficient (Wildman–Crippen LogP) is 2.18. The molecule has 0 radical (unpaired) electrons. The summed E-state index contributed by atoms with van der Waals surface area (Å²) in [5.41, 5.74) is 5.10. The second-order valence-electron chi connectivity index (χ2n) is 5.85. The van der Waals surface area contributed by atoms with Gasteiger partial charge in [0.2, 0.25) is 5.95 Å². The number of anilines is 1. The number of nitrogens with zero attached hydrogens (tertiary/aromatic N) is 5. The highest BCUT2D eigenvalue weighted by atomic mass is 16.5. The van der Waals surface area contributed by atoms with Gasteiger partial charge in [-0.25, -0.2) is 15.0 Å². The molecular formula is C17H19N5O. The van der Waals surface area contributed by atoms with Crippen LogP contribution in [-0.2, 0) is 11.8 Å². The van der Waals surface area contributed by atoms with Gasteiger partial charge in [-0.3, -0.25) is 0 Å². The van der Waals surface area contributed by atoms with Crippen LogP contribution >= 0.6 is 0 Å². The number of benzene rings is 1. The Morgan fingerprint density at radius 3 is 2.74 bits per heavy atom. The van der Waals surface area contributed by atoms with Crippen LogP contribution in [0.1, 0.15) is 5.69 Å². The highest BCUT2D eigenvalue weighted by Gasteiger charge is 2.15. The van der Waals surface area contributed by atoms with E-state index >= 15 is 0 Å². The van der Waals surface area contributed by atoms with Crippen molar-refractivity contribution in [2.45, 2.75) is 6.92 Å². The fourth-order valence-electron chi connectivity index (χ4n) is 2.89. The highest BCUT2D eigenvalue weighted by molar-refractivity contribution is 5.81. The smallest absolute Gasteiger partial charge is 0.226 e. The maximum absolute atomic E-state index is 5.41. The Balaban J connectivity index is 1.77. The van der Waals surface area contributed by atoms with E-state index in [9.17, 15) is 0 Å². The van der Waals surface area contributed by atoms with E-state index in [0.29, 0.717) is 0 Å². The first kappa shape index (κ1) is 14.1. The second-order valence-corrected chi connectivity index (χ2v) is 5.85. The van der Waals surface area contributed by atoms with Crippen LogP contribution in [0.3, 0.4) is 0 Å². The van der Waals surface area contributed by atoms with Crippen LogP contribution in [0.25, 0.3) is 22.3 Å². The van der Waals surface area contributed by atoms with Crippen LogP contribution < -0.4 is 4.90 Å². The Hall–Kier alpha value is -2.47. The first-order valence-corrected chi connectivity index (χ1v) is 7.80. The van der Waals surface area contributed by atoms with E-state index in [2.05, 4.69) is 27.0 Å². The number of ether oxygens (including phenoxy) is 1. The van der Waals surface area contributed by atoms with Crippen LogP contribution in [-0.4, -0.2) is 45.8 Å². The largest absolute Gasteiger partial charge is 0.378 e. The van der Waals surface area contributed by atoms with Crippen molar-refractivity contribution in [3.05, 3.63) is 36.3 Å². The van der Waals surface area contributed by atoms with E-state index in [1.54, 1.807) is 0 Å². The third kappa shape index (κ3) is 2.66. The normalized spacial score (nSPS) is 15.3. The number of aromatic nitrogens is 4. The summed E-state index contributed by atoms with van der Waals surface area (Å²) in [7, 11) is 2.00. The van der Waals surface area contributed by atoms with Gasteiger partial charge >= 0.3 is 0 Å². The molecule has 0 aliphatic carbocycles. The number of fused-ring (bicyclic) bond motifs is 1. The zero-order valence-electron chi connectivity index (χ0n) is 13.4. The molecule has 0 bridgehead atoms. The van der Waals surface area contributed by atoms with Crippen LogP contribution in [0.15, 0.2) is 30.6 Å². The van der Waals surface area contributed by atoms with Gasteiger partial charge in [0.05, 0.1) is 36.3 Å². The number of aryl methyl sites for hydroxylation is 2. The molecule has 6 nitrogen and oxygen atoms in total. The summed E-state index contributed by atoms with van der Waals surface area (Å²) in [6.07, 6.45) is 1.83. The second kappa shape index (κ2) is 5.62. The molecule has 0 N–H and O–H groups in total. The van der Waals surface area contributed by atoms with E-state index in [-0.39, 0.29) is 0 Å². The molecule has 3 aromatic rings. The van der Waals surface area contributed by atoms with E-state index in [4.69, 9.17) is 9.72 Å². The molecule has 0 spiro atoms. The molecule has 1 aromatic carbocycles. The maximum Gasteiger partial charge on any atom is 0.226 e. The molecule has 1 saturated heterocycles. The Morgan fingerprint density at radius 2 is 1.91 bits per heavy atom. The van der Waals surface area contributed by atoms with Crippen molar-refractivity contribution in [1.29, 1.82) is 0 Å². The third-order valence-corrected chi connectivity index (χ3v) is 4.16. The van der Waals surface area contributed by atoms with Crippen LogP contribution in [0.5, 0.6) is 0 Å². The van der Waals surface area contributed by atoms with Gasteiger partial charge in [-0.15, -0.1) is 0 Å². The summed E-state index contributed by atoms with van der Waals surface area (Å²) >= 11 is 0. The lowest BCUT2D eigenvalue weighted by atomic mass is 10.1. The lowest BCUT2D eigenvalue weighted by molar-refractivity contribution is 0.122. The van der Waals surface area contributed by atoms with Gasteiger partial charge in [0.25, 0.3) is 0 Å². The number of morpholine rings is 1. The zero-order chi connectivity index (χ0) is 15.8. The molecule has 3 heterocycles. The molecule has 4 rings (SSSR count). The van der Waals surface area contributed by atoms with Crippen molar-refractivity contribution in [3.63, 3.8) is 0 Å². The molecule has 0 saturated carbocycles. The van der Waals surface area contributed by atoms with E-state index < -0.39 is 0 Å². The van der Waals surface area contributed by atoms with Crippen molar-refractivity contribution in [1.82, 2.24) is 19.5 Å². The molecular weight excluding hydrogens is 290 g/mol. The minimum absolute atomic E-state index is 0.730. The first-order valence-electron chi connectivity index (χ1n) is 7.80. The summed E-state index contributed by atoms with van der Waals surface area (Å²) in [4.78, 5) is 15.9. The molecule has 1 fully saturated rings. The van der Waals surface area contributed by atoms with Crippen molar-refractivity contribution < 1.29 is 4.74 Å². The van der Waals surface area contributed by atoms with Gasteiger partial charge in [0, 0.05) is 31.4 Å². The minimum Gasteiger partial charge on any atom is -0.378 e. The van der Waals surface area contributed by atoms with Gasteiger partial charge in [0.1, 0.15) is 0 Å². The quantitative estimate of drug-likeness (QED) is 0.726. The standard InChI is InChI=1S/C17H19N5O/c1-12-9-15(20-17(19-12)22-5-7-23-8-6-22)13-3-4-14-16(10-13)21(2)11-18-14/h3-4,9-11H,5-8H2,1-2H3. The predicted molar refractivity (Wildman–Crippen MR) is 89.5 cm³/mol. The van der Waals surface area contributed by atoms with E-state index in [1.807, 2.05) is 37.0 Å². The molecule has 1 aliphatic heterocycles. The number of hydrogen-bond donors (Lipinski definition) is 0. The average molecular weight is 309 g/mol. The van der Waals surface area contributed by atoms with Crippen LogP contribution in [0.4, 0.5) is 5.95 Å². The fraction of sp³-hybridized carbons (Fsp3) is 0.353. The molecule has 0 atom stereocenters. The molecule has 118 valence electrons. The van der Waals surface area contributed by atoms with Gasteiger partial charge in [-0.2, -0.15) is 0 Å². The van der Waals surface area contributed by atoms with Gasteiger partial charge in [-0.1, -0.05) is 6.07 Å².